The highest BCUT2D eigenvalue weighted by Gasteiger charge is 2.17. The molecule has 2 N–H and O–H groups in total. The Balaban J connectivity index is 3.02. The van der Waals surface area contributed by atoms with Crippen LogP contribution in [0.2, 0.25) is 0 Å². The van der Waals surface area contributed by atoms with Crippen molar-refractivity contribution in [1.82, 2.24) is 0 Å². The molecule has 1 aromatic rings. The summed E-state index contributed by atoms with van der Waals surface area (Å²) in [6.45, 7) is 2.06. The number of hydrogen-bond acceptors (Lipinski definition) is 4. The molecule has 0 aromatic heterocycles. The van der Waals surface area contributed by atoms with Gasteiger partial charge in [-0.25, -0.2) is 0 Å². The first kappa shape index (κ1) is 17.5. The zero-order valence-corrected chi connectivity index (χ0v) is 12.7. The van der Waals surface area contributed by atoms with Gasteiger partial charge in [0, 0.05) is 0 Å². The summed E-state index contributed by atoms with van der Waals surface area (Å²) in [5.74, 6) is -1.56. The van der Waals surface area contributed by atoms with E-state index in [-0.39, 0.29) is 23.5 Å². The monoisotopic (exact) mass is 304 g/mol. The van der Waals surface area contributed by atoms with Crippen LogP contribution in [0.4, 0.5) is 0 Å². The fourth-order valence-electron chi connectivity index (χ4n) is 1.91. The van der Waals surface area contributed by atoms with Crippen molar-refractivity contribution in [3.8, 4) is 11.5 Å². The number of hydrogen-bond donors (Lipinski definition) is 2. The summed E-state index contributed by atoms with van der Waals surface area (Å²) in [7, 11) is 1.36. The molecule has 0 amide bonds. The van der Waals surface area contributed by atoms with Crippen molar-refractivity contribution in [3.05, 3.63) is 47.6 Å². The minimum atomic E-state index is -1.03. The van der Waals surface area contributed by atoms with Gasteiger partial charge in [0.2, 0.25) is 0 Å². The van der Waals surface area contributed by atoms with Crippen LogP contribution in [0.1, 0.15) is 35.7 Å². The lowest BCUT2D eigenvalue weighted by Gasteiger charge is -2.10. The molecule has 0 bridgehead atoms. The molecule has 0 aliphatic heterocycles. The number of carbonyl (C=O) groups excluding carboxylic acids is 1. The van der Waals surface area contributed by atoms with E-state index in [1.54, 1.807) is 12.2 Å². The van der Waals surface area contributed by atoms with Crippen molar-refractivity contribution in [2.75, 3.05) is 7.11 Å². The van der Waals surface area contributed by atoms with Crippen LogP contribution in [-0.2, 0) is 11.2 Å². The Morgan fingerprint density at radius 3 is 2.59 bits per heavy atom. The van der Waals surface area contributed by atoms with Crippen LogP contribution < -0.4 is 4.74 Å². The van der Waals surface area contributed by atoms with Crippen LogP contribution in [0.3, 0.4) is 0 Å². The Hall–Kier alpha value is -2.56. The van der Waals surface area contributed by atoms with Crippen LogP contribution in [0.25, 0.3) is 0 Å². The number of rotatable bonds is 8. The molecule has 1 aromatic carbocycles. The second-order valence-corrected chi connectivity index (χ2v) is 4.70. The molecular formula is C17H20O5. The van der Waals surface area contributed by atoms with Gasteiger partial charge in [-0.1, -0.05) is 31.6 Å². The molecule has 0 aliphatic carbocycles. The van der Waals surface area contributed by atoms with Gasteiger partial charge in [-0.15, -0.1) is 0 Å². The molecule has 0 saturated carbocycles. The van der Waals surface area contributed by atoms with Gasteiger partial charge in [0.15, 0.2) is 5.78 Å². The van der Waals surface area contributed by atoms with Gasteiger partial charge in [0.1, 0.15) is 17.1 Å². The smallest absolute Gasteiger partial charge is 0.307 e. The van der Waals surface area contributed by atoms with Gasteiger partial charge in [-0.05, 0) is 30.2 Å². The normalized spacial score (nSPS) is 11.2. The van der Waals surface area contributed by atoms with E-state index >= 15 is 0 Å². The summed E-state index contributed by atoms with van der Waals surface area (Å²) >= 11 is 0. The second-order valence-electron chi connectivity index (χ2n) is 4.70. The Labute approximate surface area is 129 Å². The number of aliphatic carboxylic acids is 1. The number of carboxylic acids is 1. The molecular weight excluding hydrogens is 284 g/mol. The number of carboxylic acid groups (broad SMARTS) is 1. The van der Waals surface area contributed by atoms with Crippen molar-refractivity contribution in [2.24, 2.45) is 0 Å². The minimum Gasteiger partial charge on any atom is -0.507 e. The number of unbranched alkanes of at least 4 members (excludes halogenated alkanes) is 1. The number of phenolic OH excluding ortho intramolecular Hbond substituents is 1. The Morgan fingerprint density at radius 2 is 2.00 bits per heavy atom. The lowest BCUT2D eigenvalue weighted by atomic mass is 10.0. The van der Waals surface area contributed by atoms with E-state index in [1.807, 2.05) is 6.08 Å². The van der Waals surface area contributed by atoms with Gasteiger partial charge in [0.05, 0.1) is 13.5 Å². The Morgan fingerprint density at radius 1 is 1.27 bits per heavy atom. The van der Waals surface area contributed by atoms with Crippen molar-refractivity contribution < 1.29 is 24.5 Å². The quantitative estimate of drug-likeness (QED) is 0.438. The van der Waals surface area contributed by atoms with Crippen molar-refractivity contribution >= 4 is 11.8 Å². The van der Waals surface area contributed by atoms with Crippen LogP contribution in [0.15, 0.2) is 36.4 Å². The molecule has 0 unspecified atom stereocenters. The standard InChI is InChI=1S/C17H20O5/c1-3-4-5-6-7-8-13(18)17-14(19)9-12(11-16(20)21)10-15(17)22-2/h5-10,19H,3-4,11H2,1-2H3,(H,20,21). The van der Waals surface area contributed by atoms with E-state index in [0.717, 1.165) is 12.8 Å². The summed E-state index contributed by atoms with van der Waals surface area (Å²) < 4.78 is 5.09. The number of allylic oxidation sites excluding steroid dienone is 4. The molecule has 0 spiro atoms. The van der Waals surface area contributed by atoms with E-state index in [9.17, 15) is 14.7 Å². The van der Waals surface area contributed by atoms with E-state index in [0.29, 0.717) is 5.56 Å². The lowest BCUT2D eigenvalue weighted by molar-refractivity contribution is -0.136. The number of carbonyl (C=O) groups is 2. The van der Waals surface area contributed by atoms with Gasteiger partial charge < -0.3 is 14.9 Å². The third kappa shape index (κ3) is 5.09. The number of methoxy groups -OCH3 is 1. The van der Waals surface area contributed by atoms with Crippen molar-refractivity contribution in [3.63, 3.8) is 0 Å². The predicted octanol–water partition coefficient (Wildman–Crippen LogP) is 3.12. The first-order valence-corrected chi connectivity index (χ1v) is 6.98. The molecule has 0 heterocycles. The molecule has 0 radical (unpaired) electrons. The zero-order valence-electron chi connectivity index (χ0n) is 12.7. The van der Waals surface area contributed by atoms with Gasteiger partial charge in [-0.2, -0.15) is 0 Å². The average molecular weight is 304 g/mol. The van der Waals surface area contributed by atoms with Crippen molar-refractivity contribution in [2.45, 2.75) is 26.2 Å². The summed E-state index contributed by atoms with van der Waals surface area (Å²) in [5.41, 5.74) is 0.391. The third-order valence-electron chi connectivity index (χ3n) is 2.91. The highest BCUT2D eigenvalue weighted by molar-refractivity contribution is 6.08. The number of benzene rings is 1. The van der Waals surface area contributed by atoms with Crippen LogP contribution in [-0.4, -0.2) is 29.1 Å². The highest BCUT2D eigenvalue weighted by Crippen LogP contribution is 2.30. The molecule has 5 heteroatoms. The predicted molar refractivity (Wildman–Crippen MR) is 83.5 cm³/mol. The average Bonchev–Trinajstić information content (AvgIpc) is 2.45. The third-order valence-corrected chi connectivity index (χ3v) is 2.91. The van der Waals surface area contributed by atoms with E-state index < -0.39 is 11.8 Å². The molecule has 1 rings (SSSR count). The Bertz CT molecular complexity index is 599. The molecule has 0 saturated heterocycles. The van der Waals surface area contributed by atoms with Gasteiger partial charge >= 0.3 is 5.97 Å². The maximum absolute atomic E-state index is 12.1. The summed E-state index contributed by atoms with van der Waals surface area (Å²) in [6, 6.07) is 2.71. The summed E-state index contributed by atoms with van der Waals surface area (Å²) in [6.07, 6.45) is 8.34. The number of aromatic hydroxyl groups is 1. The van der Waals surface area contributed by atoms with Crippen LogP contribution >= 0.6 is 0 Å². The summed E-state index contributed by atoms with van der Waals surface area (Å²) in [4.78, 5) is 22.9. The Kier molecular flexibility index (Phi) is 6.89. The molecule has 0 fully saturated rings. The molecule has 22 heavy (non-hydrogen) atoms. The number of ketones is 1. The SMILES string of the molecule is CCCC=CC=CC(=O)c1c(O)cc(CC(=O)O)cc1OC. The van der Waals surface area contributed by atoms with E-state index in [1.165, 1.54) is 25.3 Å². The second kappa shape index (κ2) is 8.67. The molecule has 0 aliphatic rings. The van der Waals surface area contributed by atoms with Crippen molar-refractivity contribution in [1.29, 1.82) is 0 Å². The maximum Gasteiger partial charge on any atom is 0.307 e. The van der Waals surface area contributed by atoms with E-state index in [2.05, 4.69) is 6.92 Å². The highest BCUT2D eigenvalue weighted by atomic mass is 16.5. The largest absolute Gasteiger partial charge is 0.507 e. The first-order valence-electron chi connectivity index (χ1n) is 6.98. The fourth-order valence-corrected chi connectivity index (χ4v) is 1.91. The number of phenols is 1. The van der Waals surface area contributed by atoms with Gasteiger partial charge in [0.25, 0.3) is 0 Å². The molecule has 118 valence electrons. The lowest BCUT2D eigenvalue weighted by Crippen LogP contribution is -2.04. The maximum atomic E-state index is 12.1. The zero-order chi connectivity index (χ0) is 16.5. The topological polar surface area (TPSA) is 83.8 Å². The summed E-state index contributed by atoms with van der Waals surface area (Å²) in [5, 5.41) is 18.8. The molecule has 5 nitrogen and oxygen atoms in total. The van der Waals surface area contributed by atoms with E-state index in [4.69, 9.17) is 9.84 Å². The fraction of sp³-hybridized carbons (Fsp3) is 0.294. The van der Waals surface area contributed by atoms with Crippen LogP contribution in [0.5, 0.6) is 11.5 Å². The minimum absolute atomic E-state index is 0.0248. The number of ether oxygens (including phenoxy) is 1. The molecule has 0 atom stereocenters. The van der Waals surface area contributed by atoms with Crippen LogP contribution in [0, 0.1) is 0 Å². The first-order chi connectivity index (χ1) is 10.5. The van der Waals surface area contributed by atoms with Gasteiger partial charge in [-0.3, -0.25) is 9.59 Å².